The summed E-state index contributed by atoms with van der Waals surface area (Å²) in [6.45, 7) is 0. The van der Waals surface area contributed by atoms with Gasteiger partial charge in [-0.05, 0) is 44.5 Å². The number of rotatable bonds is 11. The summed E-state index contributed by atoms with van der Waals surface area (Å²) >= 11 is 0. The van der Waals surface area contributed by atoms with E-state index in [1.807, 2.05) is 237 Å². The first-order chi connectivity index (χ1) is 28.7. The van der Waals surface area contributed by atoms with E-state index in [1.165, 1.54) is 0 Å². The first-order valence-corrected chi connectivity index (χ1v) is 20.9. The van der Waals surface area contributed by atoms with Gasteiger partial charge in [-0.2, -0.15) is 0 Å². The molecule has 9 rings (SSSR count). The molecule has 0 unspecified atom stereocenters. The van der Waals surface area contributed by atoms with Crippen molar-refractivity contribution in [2.45, 2.75) is 0 Å². The van der Waals surface area contributed by atoms with Crippen molar-refractivity contribution >= 4 is 12.9 Å². The van der Waals surface area contributed by atoms with E-state index in [0.717, 1.165) is 66.8 Å². The maximum absolute atomic E-state index is 17.2. The van der Waals surface area contributed by atoms with E-state index in [9.17, 15) is 0 Å². The molecule has 58 heavy (non-hydrogen) atoms. The van der Waals surface area contributed by atoms with Crippen LogP contribution in [0.25, 0.3) is 66.8 Å². The predicted octanol–water partition coefficient (Wildman–Crippen LogP) is 14.7. The molecule has 0 saturated carbocycles. The van der Waals surface area contributed by atoms with Gasteiger partial charge >= 0.3 is 7.60 Å². The molecule has 9 aromatic rings. The molecule has 0 radical (unpaired) electrons. The van der Waals surface area contributed by atoms with Crippen molar-refractivity contribution in [3.8, 4) is 78.3 Å². The lowest BCUT2D eigenvalue weighted by atomic mass is 9.97. The van der Waals surface area contributed by atoms with Gasteiger partial charge in [0.15, 0.2) is 0 Å². The van der Waals surface area contributed by atoms with E-state index >= 15 is 4.57 Å². The number of hydrogen-bond donors (Lipinski definition) is 0. The normalized spacial score (nSPS) is 11.2. The van der Waals surface area contributed by atoms with Crippen molar-refractivity contribution in [1.82, 2.24) is 0 Å². The van der Waals surface area contributed by atoms with Crippen LogP contribution in [0.4, 0.5) is 0 Å². The van der Waals surface area contributed by atoms with Crippen molar-refractivity contribution in [3.63, 3.8) is 0 Å². The highest BCUT2D eigenvalue weighted by Crippen LogP contribution is 2.58. The van der Waals surface area contributed by atoms with E-state index in [4.69, 9.17) is 9.05 Å². The standard InChI is InChI=1S/C54H39O3P/c55-58(54-50(44-30-15-5-16-31-44)38-21-39-51(54)45-32-17-6-18-33-45,56-52-46(40-22-7-1-8-23-40)34-19-35-47(52)41-24-9-2-10-25-41)57-53-48(42-26-11-3-12-27-42)36-20-37-49(53)43-28-13-4-14-29-43/h1-39H. The first-order valence-electron chi connectivity index (χ1n) is 19.4. The minimum Gasteiger partial charge on any atom is -0.411 e. The minimum absolute atomic E-state index is 0.462. The summed E-state index contributed by atoms with van der Waals surface area (Å²) < 4.78 is 32.0. The summed E-state index contributed by atoms with van der Waals surface area (Å²) in [4.78, 5) is 0. The average Bonchev–Trinajstić information content (AvgIpc) is 3.30. The van der Waals surface area contributed by atoms with Gasteiger partial charge in [-0.1, -0.05) is 237 Å². The van der Waals surface area contributed by atoms with Crippen LogP contribution >= 0.6 is 7.60 Å². The average molecular weight is 767 g/mol. The topological polar surface area (TPSA) is 35.5 Å². The molecule has 278 valence electrons. The van der Waals surface area contributed by atoms with Crippen molar-refractivity contribution in [1.29, 1.82) is 0 Å². The van der Waals surface area contributed by atoms with Crippen molar-refractivity contribution in [3.05, 3.63) is 237 Å². The third kappa shape index (κ3) is 7.40. The van der Waals surface area contributed by atoms with Gasteiger partial charge in [0.2, 0.25) is 0 Å². The predicted molar refractivity (Wildman–Crippen MR) is 240 cm³/mol. The fourth-order valence-corrected chi connectivity index (χ4v) is 9.63. The van der Waals surface area contributed by atoms with Crippen molar-refractivity contribution < 1.29 is 13.6 Å². The smallest absolute Gasteiger partial charge is 0.411 e. The first kappa shape index (κ1) is 36.4. The molecule has 0 aliphatic heterocycles. The van der Waals surface area contributed by atoms with Crippen LogP contribution in [0.3, 0.4) is 0 Å². The van der Waals surface area contributed by atoms with E-state index < -0.39 is 7.60 Å². The lowest BCUT2D eigenvalue weighted by molar-refractivity contribution is 0.401. The molecule has 0 fully saturated rings. The van der Waals surface area contributed by atoms with Gasteiger partial charge in [0.05, 0.1) is 0 Å². The minimum atomic E-state index is -4.51. The molecule has 0 amide bonds. The van der Waals surface area contributed by atoms with Crippen molar-refractivity contribution in [2.24, 2.45) is 0 Å². The van der Waals surface area contributed by atoms with Gasteiger partial charge in [-0.3, -0.25) is 0 Å². The van der Waals surface area contributed by atoms with E-state index in [0.29, 0.717) is 16.8 Å². The largest absolute Gasteiger partial charge is 0.464 e. The van der Waals surface area contributed by atoms with Crippen LogP contribution in [-0.2, 0) is 4.57 Å². The number of benzene rings is 9. The molecule has 3 nitrogen and oxygen atoms in total. The van der Waals surface area contributed by atoms with E-state index in [2.05, 4.69) is 0 Å². The Kier molecular flexibility index (Phi) is 10.4. The zero-order chi connectivity index (χ0) is 39.2. The number of hydrogen-bond acceptors (Lipinski definition) is 3. The molecule has 9 aromatic carbocycles. The molecular weight excluding hydrogens is 728 g/mol. The van der Waals surface area contributed by atoms with Crippen LogP contribution in [0.1, 0.15) is 0 Å². The second-order valence-electron chi connectivity index (χ2n) is 13.9. The van der Waals surface area contributed by atoms with Gasteiger partial charge in [0.1, 0.15) is 16.8 Å². The van der Waals surface area contributed by atoms with E-state index in [1.54, 1.807) is 0 Å². The third-order valence-electron chi connectivity index (χ3n) is 10.3. The lowest BCUT2D eigenvalue weighted by Crippen LogP contribution is -2.21. The van der Waals surface area contributed by atoms with Gasteiger partial charge in [-0.15, -0.1) is 0 Å². The maximum Gasteiger partial charge on any atom is 0.464 e. The van der Waals surface area contributed by atoms with Crippen LogP contribution in [0, 0.1) is 0 Å². The molecule has 0 heterocycles. The van der Waals surface area contributed by atoms with E-state index in [-0.39, 0.29) is 0 Å². The number of para-hydroxylation sites is 2. The second-order valence-corrected chi connectivity index (χ2v) is 15.7. The third-order valence-corrected chi connectivity index (χ3v) is 12.1. The van der Waals surface area contributed by atoms with Crippen LogP contribution in [0.5, 0.6) is 11.5 Å². The molecule has 0 atom stereocenters. The van der Waals surface area contributed by atoms with Crippen LogP contribution in [0.15, 0.2) is 237 Å². The zero-order valence-corrected chi connectivity index (χ0v) is 32.6. The van der Waals surface area contributed by atoms with Gasteiger partial charge in [0, 0.05) is 22.3 Å². The Hall–Kier alpha value is -7.19. The van der Waals surface area contributed by atoms with Gasteiger partial charge in [0.25, 0.3) is 0 Å². The summed E-state index contributed by atoms with van der Waals surface area (Å²) in [7, 11) is -4.51. The molecule has 0 bridgehead atoms. The lowest BCUT2D eigenvalue weighted by Gasteiger charge is -2.29. The van der Waals surface area contributed by atoms with Crippen molar-refractivity contribution in [2.75, 3.05) is 0 Å². The van der Waals surface area contributed by atoms with Gasteiger partial charge < -0.3 is 9.05 Å². The molecule has 0 aromatic heterocycles. The van der Waals surface area contributed by atoms with Crippen LogP contribution < -0.4 is 14.4 Å². The van der Waals surface area contributed by atoms with Gasteiger partial charge in [-0.25, -0.2) is 4.57 Å². The molecule has 0 aliphatic carbocycles. The molecular formula is C54H39O3P. The fraction of sp³-hybridized carbons (Fsp3) is 0. The molecule has 4 heteroatoms. The highest BCUT2D eigenvalue weighted by Gasteiger charge is 2.40. The monoisotopic (exact) mass is 766 g/mol. The summed E-state index contributed by atoms with van der Waals surface area (Å²) in [5.74, 6) is 0.923. The summed E-state index contributed by atoms with van der Waals surface area (Å²) in [5, 5.41) is 0.469. The quantitative estimate of drug-likeness (QED) is 0.123. The Labute approximate surface area is 340 Å². The highest BCUT2D eigenvalue weighted by molar-refractivity contribution is 7.63. The maximum atomic E-state index is 17.2. The zero-order valence-electron chi connectivity index (χ0n) is 31.7. The molecule has 0 saturated heterocycles. The molecule has 0 spiro atoms. The summed E-state index contributed by atoms with van der Waals surface area (Å²) in [5.41, 5.74) is 10.2. The summed E-state index contributed by atoms with van der Waals surface area (Å²) in [6.07, 6.45) is 0. The Bertz CT molecular complexity index is 2520. The van der Waals surface area contributed by atoms with Crippen LogP contribution in [0.2, 0.25) is 0 Å². The Morgan fingerprint density at radius 1 is 0.241 bits per heavy atom. The highest BCUT2D eigenvalue weighted by atomic mass is 31.2. The van der Waals surface area contributed by atoms with Crippen LogP contribution in [-0.4, -0.2) is 0 Å². The Morgan fingerprint density at radius 3 is 0.690 bits per heavy atom. The molecule has 0 N–H and O–H groups in total. The fourth-order valence-electron chi connectivity index (χ4n) is 7.54. The molecule has 0 aliphatic rings. The second kappa shape index (κ2) is 16.5. The SMILES string of the molecule is O=P(Oc1c(-c2ccccc2)cccc1-c1ccccc1)(Oc1c(-c2ccccc2)cccc1-c1ccccc1)c1c(-c2ccccc2)cccc1-c1ccccc1. The Balaban J connectivity index is 1.39. The summed E-state index contributed by atoms with van der Waals surface area (Å²) in [6, 6.07) is 78.7. The Morgan fingerprint density at radius 2 is 0.448 bits per heavy atom.